The van der Waals surface area contributed by atoms with Crippen LogP contribution >= 0.6 is 0 Å². The number of nitrogens with one attached hydrogen (secondary N) is 3. The largest absolute Gasteiger partial charge is 0.352 e. The molecule has 3 N–H and O–H groups in total. The standard InChI is InChI=1S/C11H20N3O/c15-11(10-3-1-2-6-13-10)14-9-4-7-12-8-5-9/h2,9-10,12-13H,1,3-8H2,(H,14,15). The van der Waals surface area contributed by atoms with Crippen molar-refractivity contribution in [2.45, 2.75) is 37.8 Å². The SMILES string of the molecule is O=C(NC1CCNCC1)C1CC[CH]CN1. The zero-order valence-corrected chi connectivity index (χ0v) is 9.09. The van der Waals surface area contributed by atoms with Crippen LogP contribution in [0.3, 0.4) is 0 Å². The molecule has 2 aliphatic rings. The summed E-state index contributed by atoms with van der Waals surface area (Å²) in [5, 5.41) is 9.65. The van der Waals surface area contributed by atoms with Gasteiger partial charge in [0.15, 0.2) is 0 Å². The van der Waals surface area contributed by atoms with Crippen molar-refractivity contribution in [3.05, 3.63) is 6.42 Å². The third-order valence-electron chi connectivity index (χ3n) is 3.17. The first-order valence-corrected chi connectivity index (χ1v) is 5.92. The molecule has 0 spiro atoms. The molecule has 4 nitrogen and oxygen atoms in total. The lowest BCUT2D eigenvalue weighted by molar-refractivity contribution is -0.124. The smallest absolute Gasteiger partial charge is 0.237 e. The Kier molecular flexibility index (Phi) is 3.97. The van der Waals surface area contributed by atoms with Crippen molar-refractivity contribution in [3.8, 4) is 0 Å². The van der Waals surface area contributed by atoms with E-state index in [0.717, 1.165) is 45.3 Å². The second-order valence-electron chi connectivity index (χ2n) is 4.36. The summed E-state index contributed by atoms with van der Waals surface area (Å²) in [7, 11) is 0. The lowest BCUT2D eigenvalue weighted by Crippen LogP contribution is -2.51. The van der Waals surface area contributed by atoms with Crippen LogP contribution < -0.4 is 16.0 Å². The molecular formula is C11H20N3O. The molecule has 0 aromatic heterocycles. The minimum Gasteiger partial charge on any atom is -0.352 e. The molecule has 0 saturated carbocycles. The molecule has 0 aliphatic carbocycles. The molecule has 1 atom stereocenters. The minimum atomic E-state index is 0.0323. The van der Waals surface area contributed by atoms with Gasteiger partial charge >= 0.3 is 0 Å². The highest BCUT2D eigenvalue weighted by Crippen LogP contribution is 2.08. The lowest BCUT2D eigenvalue weighted by Gasteiger charge is -2.28. The van der Waals surface area contributed by atoms with Crippen LogP contribution in [0.2, 0.25) is 0 Å². The number of hydrogen-bond donors (Lipinski definition) is 3. The predicted octanol–water partition coefficient (Wildman–Crippen LogP) is -0.189. The van der Waals surface area contributed by atoms with E-state index in [4.69, 9.17) is 0 Å². The average Bonchev–Trinajstić information content (AvgIpc) is 2.31. The molecule has 2 aliphatic heterocycles. The summed E-state index contributed by atoms with van der Waals surface area (Å²) in [4.78, 5) is 11.9. The maximum Gasteiger partial charge on any atom is 0.237 e. The Morgan fingerprint density at radius 1 is 1.27 bits per heavy atom. The second-order valence-corrected chi connectivity index (χ2v) is 4.36. The van der Waals surface area contributed by atoms with Gasteiger partial charge in [0.05, 0.1) is 6.04 Å². The van der Waals surface area contributed by atoms with Crippen molar-refractivity contribution >= 4 is 5.91 Å². The summed E-state index contributed by atoms with van der Waals surface area (Å²) < 4.78 is 0. The fraction of sp³-hybridized carbons (Fsp3) is 0.818. The number of hydrogen-bond acceptors (Lipinski definition) is 3. The van der Waals surface area contributed by atoms with Gasteiger partial charge in [0.25, 0.3) is 0 Å². The van der Waals surface area contributed by atoms with Crippen molar-refractivity contribution in [3.63, 3.8) is 0 Å². The molecule has 2 heterocycles. The van der Waals surface area contributed by atoms with Crippen LogP contribution in [-0.4, -0.2) is 37.6 Å². The second kappa shape index (κ2) is 5.47. The maximum absolute atomic E-state index is 11.9. The molecule has 2 saturated heterocycles. The van der Waals surface area contributed by atoms with Crippen molar-refractivity contribution in [1.29, 1.82) is 0 Å². The summed E-state index contributed by atoms with van der Waals surface area (Å²) in [6.07, 6.45) is 6.30. The summed E-state index contributed by atoms with van der Waals surface area (Å²) in [5.74, 6) is 0.190. The third kappa shape index (κ3) is 3.18. The highest BCUT2D eigenvalue weighted by atomic mass is 16.2. The van der Waals surface area contributed by atoms with Crippen LogP contribution in [0.5, 0.6) is 0 Å². The van der Waals surface area contributed by atoms with E-state index in [9.17, 15) is 4.79 Å². The van der Waals surface area contributed by atoms with Gasteiger partial charge in [0.2, 0.25) is 5.91 Å². The Morgan fingerprint density at radius 3 is 2.73 bits per heavy atom. The first kappa shape index (κ1) is 10.9. The molecular weight excluding hydrogens is 190 g/mol. The van der Waals surface area contributed by atoms with E-state index in [1.165, 1.54) is 0 Å². The molecule has 0 bridgehead atoms. The van der Waals surface area contributed by atoms with E-state index in [0.29, 0.717) is 6.04 Å². The zero-order chi connectivity index (χ0) is 10.5. The summed E-state index contributed by atoms with van der Waals surface area (Å²) in [6, 6.07) is 0.413. The van der Waals surface area contributed by atoms with Gasteiger partial charge in [0, 0.05) is 6.04 Å². The van der Waals surface area contributed by atoms with Crippen molar-refractivity contribution in [2.75, 3.05) is 19.6 Å². The number of carbonyl (C=O) groups excluding carboxylic acids is 1. The molecule has 0 aromatic carbocycles. The van der Waals surface area contributed by atoms with Gasteiger partial charge < -0.3 is 16.0 Å². The summed E-state index contributed by atoms with van der Waals surface area (Å²) >= 11 is 0. The number of carbonyl (C=O) groups is 1. The molecule has 4 heteroatoms. The Labute approximate surface area is 91.2 Å². The topological polar surface area (TPSA) is 53.2 Å². The van der Waals surface area contributed by atoms with Gasteiger partial charge in [-0.25, -0.2) is 0 Å². The van der Waals surface area contributed by atoms with Gasteiger partial charge in [0.1, 0.15) is 0 Å². The predicted molar refractivity (Wildman–Crippen MR) is 59.4 cm³/mol. The average molecular weight is 210 g/mol. The molecule has 15 heavy (non-hydrogen) atoms. The Balaban J connectivity index is 1.74. The highest BCUT2D eigenvalue weighted by molar-refractivity contribution is 5.82. The van der Waals surface area contributed by atoms with E-state index in [1.807, 2.05) is 0 Å². The molecule has 1 unspecified atom stereocenters. The fourth-order valence-electron chi connectivity index (χ4n) is 2.21. The van der Waals surface area contributed by atoms with E-state index < -0.39 is 0 Å². The lowest BCUT2D eigenvalue weighted by atomic mass is 10.0. The van der Waals surface area contributed by atoms with Gasteiger partial charge in [-0.3, -0.25) is 4.79 Å². The first-order chi connectivity index (χ1) is 7.36. The third-order valence-corrected chi connectivity index (χ3v) is 3.17. The van der Waals surface area contributed by atoms with Crippen LogP contribution in [0.15, 0.2) is 0 Å². The highest BCUT2D eigenvalue weighted by Gasteiger charge is 2.23. The minimum absolute atomic E-state index is 0.0323. The Bertz CT molecular complexity index is 208. The maximum atomic E-state index is 11.9. The Morgan fingerprint density at radius 2 is 2.07 bits per heavy atom. The van der Waals surface area contributed by atoms with Gasteiger partial charge in [-0.1, -0.05) is 0 Å². The van der Waals surface area contributed by atoms with Gasteiger partial charge in [-0.05, 0) is 51.7 Å². The monoisotopic (exact) mass is 210 g/mol. The molecule has 2 rings (SSSR count). The van der Waals surface area contributed by atoms with E-state index in [-0.39, 0.29) is 11.9 Å². The van der Waals surface area contributed by atoms with Crippen LogP contribution in [0.25, 0.3) is 0 Å². The van der Waals surface area contributed by atoms with E-state index in [2.05, 4.69) is 22.4 Å². The number of rotatable bonds is 2. The summed E-state index contributed by atoms with van der Waals surface area (Å²) in [5.41, 5.74) is 0. The fourth-order valence-corrected chi connectivity index (χ4v) is 2.21. The normalized spacial score (nSPS) is 28.7. The molecule has 1 amide bonds. The molecule has 85 valence electrons. The van der Waals surface area contributed by atoms with Crippen LogP contribution in [0, 0.1) is 6.42 Å². The van der Waals surface area contributed by atoms with Crippen molar-refractivity contribution in [2.24, 2.45) is 0 Å². The van der Waals surface area contributed by atoms with E-state index in [1.54, 1.807) is 0 Å². The molecule has 1 radical (unpaired) electrons. The number of piperidine rings is 2. The summed E-state index contributed by atoms with van der Waals surface area (Å²) in [6.45, 7) is 2.91. The first-order valence-electron chi connectivity index (χ1n) is 5.92. The van der Waals surface area contributed by atoms with Crippen LogP contribution in [0.1, 0.15) is 25.7 Å². The number of amides is 1. The molecule has 0 aromatic rings. The quantitative estimate of drug-likeness (QED) is 0.592. The van der Waals surface area contributed by atoms with Crippen LogP contribution in [0.4, 0.5) is 0 Å². The van der Waals surface area contributed by atoms with Crippen LogP contribution in [-0.2, 0) is 4.79 Å². The van der Waals surface area contributed by atoms with E-state index >= 15 is 0 Å². The Hall–Kier alpha value is -0.610. The molecule has 2 fully saturated rings. The van der Waals surface area contributed by atoms with Gasteiger partial charge in [-0.2, -0.15) is 0 Å². The van der Waals surface area contributed by atoms with Gasteiger partial charge in [-0.15, -0.1) is 0 Å². The van der Waals surface area contributed by atoms with Crippen molar-refractivity contribution < 1.29 is 4.79 Å². The van der Waals surface area contributed by atoms with Crippen molar-refractivity contribution in [1.82, 2.24) is 16.0 Å². The zero-order valence-electron chi connectivity index (χ0n) is 9.09.